The quantitative estimate of drug-likeness (QED) is 0.477. The summed E-state index contributed by atoms with van der Waals surface area (Å²) in [5.41, 5.74) is 5.90. The summed E-state index contributed by atoms with van der Waals surface area (Å²) in [4.78, 5) is 14.0. The monoisotopic (exact) mass is 319 g/mol. The van der Waals surface area contributed by atoms with Crippen LogP contribution in [-0.4, -0.2) is 47.1 Å². The van der Waals surface area contributed by atoms with E-state index in [-0.39, 0.29) is 0 Å². The maximum atomic E-state index is 5.90. The third-order valence-electron chi connectivity index (χ3n) is 2.28. The van der Waals surface area contributed by atoms with Gasteiger partial charge < -0.3 is 15.4 Å². The highest BCUT2D eigenvalue weighted by Crippen LogP contribution is 2.28. The maximum absolute atomic E-state index is 5.90. The van der Waals surface area contributed by atoms with Crippen molar-refractivity contribution >= 4 is 39.3 Å². The normalized spacial score (nSPS) is 17.3. The summed E-state index contributed by atoms with van der Waals surface area (Å²) in [6.07, 6.45) is 1.35. The van der Waals surface area contributed by atoms with Gasteiger partial charge in [0.2, 0.25) is 0 Å². The lowest BCUT2D eigenvalue weighted by Gasteiger charge is -2.27. The van der Waals surface area contributed by atoms with Crippen LogP contribution in [0.4, 0.5) is 5.82 Å². The predicted molar refractivity (Wildman–Crippen MR) is 68.4 cm³/mol. The molecule has 1 aliphatic heterocycles. The molecule has 92 valence electrons. The van der Waals surface area contributed by atoms with Gasteiger partial charge in [0.05, 0.1) is 17.7 Å². The van der Waals surface area contributed by atoms with Gasteiger partial charge in [0, 0.05) is 13.1 Å². The molecule has 0 atom stereocenters. The molecular formula is C9H11BrClN5O. The van der Waals surface area contributed by atoms with Crippen LogP contribution in [0.3, 0.4) is 0 Å². The molecule has 17 heavy (non-hydrogen) atoms. The van der Waals surface area contributed by atoms with Crippen LogP contribution in [-0.2, 0) is 4.74 Å². The van der Waals surface area contributed by atoms with Gasteiger partial charge in [-0.05, 0) is 15.9 Å². The number of nitrogens with zero attached hydrogens (tertiary/aromatic N) is 4. The number of rotatable bonds is 1. The molecule has 8 heteroatoms. The molecule has 0 radical (unpaired) electrons. The molecule has 2 heterocycles. The first-order valence-electron chi connectivity index (χ1n) is 5.01. The topological polar surface area (TPSA) is 76.6 Å². The molecule has 2 rings (SSSR count). The summed E-state index contributed by atoms with van der Waals surface area (Å²) in [5, 5.41) is 0.313. The number of morpholine rings is 1. The third-order valence-corrected chi connectivity index (χ3v) is 3.53. The first-order valence-corrected chi connectivity index (χ1v) is 6.18. The van der Waals surface area contributed by atoms with E-state index in [9.17, 15) is 0 Å². The van der Waals surface area contributed by atoms with Gasteiger partial charge >= 0.3 is 0 Å². The lowest BCUT2D eigenvalue weighted by Crippen LogP contribution is -2.44. The van der Waals surface area contributed by atoms with Gasteiger partial charge in [-0.1, -0.05) is 11.6 Å². The van der Waals surface area contributed by atoms with Crippen molar-refractivity contribution in [3.8, 4) is 0 Å². The first-order chi connectivity index (χ1) is 8.18. The number of aromatic nitrogens is 2. The van der Waals surface area contributed by atoms with Crippen LogP contribution in [0.15, 0.2) is 15.8 Å². The zero-order valence-electron chi connectivity index (χ0n) is 8.94. The van der Waals surface area contributed by atoms with Crippen LogP contribution in [0, 0.1) is 0 Å². The van der Waals surface area contributed by atoms with Crippen LogP contribution in [0.1, 0.15) is 0 Å². The van der Waals surface area contributed by atoms with Crippen molar-refractivity contribution in [3.05, 3.63) is 16.0 Å². The molecule has 2 N–H and O–H groups in total. The Morgan fingerprint density at radius 3 is 2.88 bits per heavy atom. The Kier molecular flexibility index (Phi) is 4.14. The average Bonchev–Trinajstić information content (AvgIpc) is 2.36. The Balaban J connectivity index is 2.19. The van der Waals surface area contributed by atoms with Crippen LogP contribution >= 0.6 is 27.5 Å². The molecule has 1 aromatic rings. The van der Waals surface area contributed by atoms with E-state index in [4.69, 9.17) is 22.1 Å². The molecule has 1 aliphatic rings. The van der Waals surface area contributed by atoms with Crippen LogP contribution < -0.4 is 5.73 Å². The van der Waals surface area contributed by atoms with Gasteiger partial charge in [-0.2, -0.15) is 4.99 Å². The van der Waals surface area contributed by atoms with E-state index in [2.05, 4.69) is 30.9 Å². The number of aliphatic imine (C=N–C) groups is 1. The molecule has 0 aliphatic carbocycles. The van der Waals surface area contributed by atoms with Crippen molar-refractivity contribution in [3.63, 3.8) is 0 Å². The summed E-state index contributed by atoms with van der Waals surface area (Å²) in [6.45, 7) is 2.77. The van der Waals surface area contributed by atoms with Crippen molar-refractivity contribution in [2.45, 2.75) is 0 Å². The molecule has 0 saturated carbocycles. The zero-order chi connectivity index (χ0) is 12.3. The molecule has 0 spiro atoms. The second-order valence-electron chi connectivity index (χ2n) is 3.37. The Hall–Kier alpha value is -0.920. The van der Waals surface area contributed by atoms with E-state index in [1.54, 1.807) is 0 Å². The van der Waals surface area contributed by atoms with E-state index in [1.807, 2.05) is 4.90 Å². The highest BCUT2D eigenvalue weighted by atomic mass is 79.9. The minimum Gasteiger partial charge on any atom is -0.378 e. The fraction of sp³-hybridized carbons (Fsp3) is 0.444. The molecule has 0 unspecified atom stereocenters. The first kappa shape index (κ1) is 12.5. The standard InChI is InChI=1S/C9H11BrClN5O/c10-6-7(11)13-5-14-8(6)15-9(12)16-1-3-17-4-2-16/h5H,1-4H2,(H2,12,13,14,15). The molecule has 1 aromatic heterocycles. The highest BCUT2D eigenvalue weighted by molar-refractivity contribution is 9.10. The van der Waals surface area contributed by atoms with Gasteiger partial charge in [-0.3, -0.25) is 0 Å². The summed E-state index contributed by atoms with van der Waals surface area (Å²) in [7, 11) is 0. The predicted octanol–water partition coefficient (Wildman–Crippen LogP) is 1.17. The molecule has 1 saturated heterocycles. The lowest BCUT2D eigenvalue weighted by atomic mass is 10.4. The summed E-state index contributed by atoms with van der Waals surface area (Å²) < 4.78 is 5.77. The van der Waals surface area contributed by atoms with E-state index in [0.717, 1.165) is 13.1 Å². The Morgan fingerprint density at radius 2 is 2.18 bits per heavy atom. The number of hydrogen-bond acceptors (Lipinski definition) is 4. The Labute approximate surface area is 112 Å². The van der Waals surface area contributed by atoms with Gasteiger partial charge in [-0.15, -0.1) is 0 Å². The number of ether oxygens (including phenoxy) is 1. The van der Waals surface area contributed by atoms with Crippen molar-refractivity contribution in [2.75, 3.05) is 26.3 Å². The van der Waals surface area contributed by atoms with Gasteiger partial charge in [0.25, 0.3) is 0 Å². The van der Waals surface area contributed by atoms with Crippen LogP contribution in [0.25, 0.3) is 0 Å². The number of hydrogen-bond donors (Lipinski definition) is 1. The second kappa shape index (κ2) is 5.61. The van der Waals surface area contributed by atoms with E-state index in [1.165, 1.54) is 6.33 Å². The molecule has 0 amide bonds. The summed E-state index contributed by atoms with van der Waals surface area (Å²) in [6, 6.07) is 0. The number of guanidine groups is 1. The fourth-order valence-corrected chi connectivity index (χ4v) is 1.81. The van der Waals surface area contributed by atoms with Crippen LogP contribution in [0.5, 0.6) is 0 Å². The van der Waals surface area contributed by atoms with Crippen molar-refractivity contribution in [2.24, 2.45) is 10.7 Å². The van der Waals surface area contributed by atoms with Gasteiger partial charge in [0.15, 0.2) is 11.8 Å². The zero-order valence-corrected chi connectivity index (χ0v) is 11.3. The minimum atomic E-state index is 0.313. The molecule has 0 aromatic carbocycles. The largest absolute Gasteiger partial charge is 0.378 e. The average molecular weight is 321 g/mol. The SMILES string of the molecule is N/C(=N\c1ncnc(Cl)c1Br)N1CCOCC1. The number of nitrogens with two attached hydrogens (primary N) is 1. The minimum absolute atomic E-state index is 0.313. The van der Waals surface area contributed by atoms with Crippen LogP contribution in [0.2, 0.25) is 5.15 Å². The summed E-state index contributed by atoms with van der Waals surface area (Å²) in [5.74, 6) is 0.831. The van der Waals surface area contributed by atoms with E-state index in [0.29, 0.717) is 34.6 Å². The molecule has 1 fully saturated rings. The third kappa shape index (κ3) is 3.05. The van der Waals surface area contributed by atoms with Crippen molar-refractivity contribution in [1.29, 1.82) is 0 Å². The van der Waals surface area contributed by atoms with E-state index >= 15 is 0 Å². The molecule has 6 nitrogen and oxygen atoms in total. The molecular weight excluding hydrogens is 309 g/mol. The van der Waals surface area contributed by atoms with Crippen molar-refractivity contribution < 1.29 is 4.74 Å². The van der Waals surface area contributed by atoms with Gasteiger partial charge in [-0.25, -0.2) is 9.97 Å². The maximum Gasteiger partial charge on any atom is 0.198 e. The van der Waals surface area contributed by atoms with E-state index < -0.39 is 0 Å². The Bertz CT molecular complexity index is 435. The smallest absolute Gasteiger partial charge is 0.198 e. The van der Waals surface area contributed by atoms with Crippen molar-refractivity contribution in [1.82, 2.24) is 14.9 Å². The summed E-state index contributed by atoms with van der Waals surface area (Å²) >= 11 is 9.11. The lowest BCUT2D eigenvalue weighted by molar-refractivity contribution is 0.0675. The Morgan fingerprint density at radius 1 is 1.47 bits per heavy atom. The van der Waals surface area contributed by atoms with Gasteiger partial charge in [0.1, 0.15) is 11.5 Å². The fourth-order valence-electron chi connectivity index (χ4n) is 1.39. The number of halogens is 2. The molecule has 0 bridgehead atoms. The second-order valence-corrected chi connectivity index (χ2v) is 4.52. The highest BCUT2D eigenvalue weighted by Gasteiger charge is 2.14.